The highest BCUT2D eigenvalue weighted by Gasteiger charge is 2.15. The van der Waals surface area contributed by atoms with Crippen LogP contribution in [0.5, 0.6) is 17.2 Å². The van der Waals surface area contributed by atoms with Crippen molar-refractivity contribution < 1.29 is 14.2 Å². The standard InChI is InChI=1S/C26H32IN3O3/c1-19-6-5-7-20(12-19)16-28-10-11-30(18-27)17-21-8-9-29-23(13-21)22-14-24(31-2)26(33-4)25(15-22)32-3/h5-9,12-15,28H,10-11,16-18H2,1-4H3. The van der Waals surface area contributed by atoms with Gasteiger partial charge < -0.3 is 19.5 Å². The fourth-order valence-electron chi connectivity index (χ4n) is 3.69. The molecule has 0 saturated carbocycles. The van der Waals surface area contributed by atoms with Gasteiger partial charge in [-0.05, 0) is 42.3 Å². The van der Waals surface area contributed by atoms with Crippen LogP contribution in [0.4, 0.5) is 0 Å². The maximum Gasteiger partial charge on any atom is 0.203 e. The van der Waals surface area contributed by atoms with E-state index in [9.17, 15) is 0 Å². The van der Waals surface area contributed by atoms with Crippen LogP contribution in [0.3, 0.4) is 0 Å². The number of benzene rings is 2. The summed E-state index contributed by atoms with van der Waals surface area (Å²) in [6.07, 6.45) is 1.86. The summed E-state index contributed by atoms with van der Waals surface area (Å²) < 4.78 is 17.4. The molecule has 0 aliphatic heterocycles. The van der Waals surface area contributed by atoms with Crippen molar-refractivity contribution in [2.45, 2.75) is 20.0 Å². The molecule has 1 N–H and O–H groups in total. The summed E-state index contributed by atoms with van der Waals surface area (Å²) in [4.78, 5) is 7.00. The van der Waals surface area contributed by atoms with Gasteiger partial charge in [0.05, 0.1) is 31.6 Å². The van der Waals surface area contributed by atoms with Crippen LogP contribution in [0, 0.1) is 6.92 Å². The third kappa shape index (κ3) is 7.06. The Hall–Kier alpha value is -2.36. The number of nitrogens with zero attached hydrogens (tertiary/aromatic N) is 2. The molecule has 0 aliphatic rings. The highest BCUT2D eigenvalue weighted by molar-refractivity contribution is 14.1. The first-order chi connectivity index (χ1) is 16.1. The SMILES string of the molecule is COc1cc(-c2cc(CN(CI)CCNCc3cccc(C)c3)ccn2)cc(OC)c1OC. The van der Waals surface area contributed by atoms with Crippen molar-refractivity contribution in [1.29, 1.82) is 0 Å². The van der Waals surface area contributed by atoms with Gasteiger partial charge in [-0.2, -0.15) is 0 Å². The van der Waals surface area contributed by atoms with E-state index >= 15 is 0 Å². The van der Waals surface area contributed by atoms with E-state index in [0.717, 1.165) is 42.0 Å². The molecule has 0 amide bonds. The minimum Gasteiger partial charge on any atom is -0.493 e. The van der Waals surface area contributed by atoms with Crippen molar-refractivity contribution in [3.63, 3.8) is 0 Å². The van der Waals surface area contributed by atoms with Crippen LogP contribution in [-0.4, -0.2) is 48.9 Å². The first-order valence-electron chi connectivity index (χ1n) is 10.9. The lowest BCUT2D eigenvalue weighted by Crippen LogP contribution is -2.30. The molecule has 7 heteroatoms. The normalized spacial score (nSPS) is 11.0. The molecule has 0 aliphatic carbocycles. The fourth-order valence-corrected chi connectivity index (χ4v) is 4.27. The molecule has 0 spiro atoms. The summed E-state index contributed by atoms with van der Waals surface area (Å²) in [5.41, 5.74) is 5.62. The van der Waals surface area contributed by atoms with E-state index in [1.54, 1.807) is 21.3 Å². The fraction of sp³-hybridized carbons (Fsp3) is 0.346. The molecule has 0 saturated heterocycles. The number of nitrogens with one attached hydrogen (secondary N) is 1. The lowest BCUT2D eigenvalue weighted by atomic mass is 10.1. The molecule has 3 aromatic rings. The van der Waals surface area contributed by atoms with E-state index < -0.39 is 0 Å². The van der Waals surface area contributed by atoms with Crippen LogP contribution in [0.25, 0.3) is 11.3 Å². The molecule has 1 aromatic heterocycles. The van der Waals surface area contributed by atoms with Crippen molar-refractivity contribution in [1.82, 2.24) is 15.2 Å². The Balaban J connectivity index is 1.65. The second-order valence-electron chi connectivity index (χ2n) is 7.80. The summed E-state index contributed by atoms with van der Waals surface area (Å²) in [7, 11) is 4.85. The zero-order chi connectivity index (χ0) is 23.6. The molecule has 3 rings (SSSR count). The van der Waals surface area contributed by atoms with E-state index in [0.29, 0.717) is 17.2 Å². The number of aromatic nitrogens is 1. The average molecular weight is 561 g/mol. The molecular weight excluding hydrogens is 529 g/mol. The summed E-state index contributed by atoms with van der Waals surface area (Å²) in [5.74, 6) is 1.81. The Kier molecular flexibility index (Phi) is 9.77. The zero-order valence-electron chi connectivity index (χ0n) is 19.7. The van der Waals surface area contributed by atoms with Gasteiger partial charge in [0.1, 0.15) is 0 Å². The number of methoxy groups -OCH3 is 3. The topological polar surface area (TPSA) is 55.9 Å². The number of aryl methyl sites for hydroxylation is 1. The lowest BCUT2D eigenvalue weighted by Gasteiger charge is -2.20. The Morgan fingerprint density at radius 3 is 2.33 bits per heavy atom. The minimum atomic E-state index is 0.578. The molecule has 176 valence electrons. The number of halogens is 1. The number of pyridine rings is 1. The van der Waals surface area contributed by atoms with Crippen LogP contribution in [0.1, 0.15) is 16.7 Å². The van der Waals surface area contributed by atoms with E-state index in [4.69, 9.17) is 14.2 Å². The van der Waals surface area contributed by atoms with Crippen molar-refractivity contribution in [3.8, 4) is 28.5 Å². The molecule has 33 heavy (non-hydrogen) atoms. The van der Waals surface area contributed by atoms with E-state index in [2.05, 4.69) is 81.1 Å². The van der Waals surface area contributed by atoms with Crippen molar-refractivity contribution >= 4 is 22.6 Å². The highest BCUT2D eigenvalue weighted by Crippen LogP contribution is 2.40. The molecule has 1 heterocycles. The van der Waals surface area contributed by atoms with E-state index in [1.807, 2.05) is 18.3 Å². The van der Waals surface area contributed by atoms with Gasteiger partial charge in [0.2, 0.25) is 5.75 Å². The number of hydrogen-bond donors (Lipinski definition) is 1. The predicted octanol–water partition coefficient (Wildman–Crippen LogP) is 5.07. The molecule has 0 bridgehead atoms. The van der Waals surface area contributed by atoms with Gasteiger partial charge in [-0.25, -0.2) is 0 Å². The summed E-state index contributed by atoms with van der Waals surface area (Å²) in [6, 6.07) is 16.7. The van der Waals surface area contributed by atoms with Gasteiger partial charge in [0.15, 0.2) is 11.5 Å². The van der Waals surface area contributed by atoms with E-state index in [-0.39, 0.29) is 0 Å². The smallest absolute Gasteiger partial charge is 0.203 e. The summed E-state index contributed by atoms with van der Waals surface area (Å²) in [6.45, 7) is 5.77. The van der Waals surface area contributed by atoms with Gasteiger partial charge in [-0.1, -0.05) is 52.4 Å². The summed E-state index contributed by atoms with van der Waals surface area (Å²) >= 11 is 2.43. The quantitative estimate of drug-likeness (QED) is 0.144. The summed E-state index contributed by atoms with van der Waals surface area (Å²) in [5, 5.41) is 3.56. The third-order valence-electron chi connectivity index (χ3n) is 5.38. The zero-order valence-corrected chi connectivity index (χ0v) is 21.9. The lowest BCUT2D eigenvalue weighted by molar-refractivity contribution is 0.318. The van der Waals surface area contributed by atoms with Crippen molar-refractivity contribution in [3.05, 3.63) is 71.4 Å². The van der Waals surface area contributed by atoms with Gasteiger partial charge >= 0.3 is 0 Å². The average Bonchev–Trinajstić information content (AvgIpc) is 2.85. The first-order valence-corrected chi connectivity index (χ1v) is 12.4. The molecule has 0 fully saturated rings. The molecule has 0 radical (unpaired) electrons. The Labute approximate surface area is 210 Å². The monoisotopic (exact) mass is 561 g/mol. The third-order valence-corrected chi connectivity index (χ3v) is 6.34. The van der Waals surface area contributed by atoms with Gasteiger partial charge in [-0.3, -0.25) is 9.88 Å². The van der Waals surface area contributed by atoms with Crippen LogP contribution in [0.15, 0.2) is 54.7 Å². The first kappa shape index (κ1) is 25.3. The molecule has 0 atom stereocenters. The number of alkyl halides is 1. The molecule has 6 nitrogen and oxygen atoms in total. The second kappa shape index (κ2) is 12.8. The number of rotatable bonds is 12. The van der Waals surface area contributed by atoms with Crippen LogP contribution in [0.2, 0.25) is 0 Å². The largest absolute Gasteiger partial charge is 0.493 e. The van der Waals surface area contributed by atoms with Crippen LogP contribution < -0.4 is 19.5 Å². The Morgan fingerprint density at radius 2 is 1.70 bits per heavy atom. The number of ether oxygens (including phenoxy) is 3. The van der Waals surface area contributed by atoms with E-state index in [1.165, 1.54) is 16.7 Å². The maximum atomic E-state index is 5.50. The Morgan fingerprint density at radius 1 is 0.939 bits per heavy atom. The highest BCUT2D eigenvalue weighted by atomic mass is 127. The van der Waals surface area contributed by atoms with Crippen molar-refractivity contribution in [2.24, 2.45) is 0 Å². The second-order valence-corrected chi connectivity index (χ2v) is 8.48. The van der Waals surface area contributed by atoms with Crippen LogP contribution >= 0.6 is 22.6 Å². The van der Waals surface area contributed by atoms with Crippen LogP contribution in [-0.2, 0) is 13.1 Å². The molecule has 2 aromatic carbocycles. The number of hydrogen-bond acceptors (Lipinski definition) is 6. The maximum absolute atomic E-state index is 5.50. The van der Waals surface area contributed by atoms with Crippen molar-refractivity contribution in [2.75, 3.05) is 39.0 Å². The van der Waals surface area contributed by atoms with Gasteiger partial charge in [0, 0.05) is 37.9 Å². The van der Waals surface area contributed by atoms with Gasteiger partial charge in [0.25, 0.3) is 0 Å². The van der Waals surface area contributed by atoms with Gasteiger partial charge in [-0.15, -0.1) is 0 Å². The minimum absolute atomic E-state index is 0.578. The Bertz CT molecular complexity index is 1020. The molecular formula is C26H32IN3O3. The predicted molar refractivity (Wildman–Crippen MR) is 142 cm³/mol. The molecule has 0 unspecified atom stereocenters.